The van der Waals surface area contributed by atoms with Crippen LogP contribution in [-0.4, -0.2) is 28.3 Å². The maximum absolute atomic E-state index is 12.2. The molecule has 0 spiro atoms. The molecule has 0 radical (unpaired) electrons. The van der Waals surface area contributed by atoms with E-state index in [9.17, 15) is 20.0 Å². The molecule has 0 saturated carbocycles. The largest absolute Gasteiger partial charge is 0.502 e. The summed E-state index contributed by atoms with van der Waals surface area (Å²) in [5.41, 5.74) is 4.35. The predicted molar refractivity (Wildman–Crippen MR) is 112 cm³/mol. The molecule has 0 fully saturated rings. The van der Waals surface area contributed by atoms with Gasteiger partial charge < -0.3 is 9.84 Å². The molecule has 8 nitrogen and oxygen atoms in total. The van der Waals surface area contributed by atoms with Crippen molar-refractivity contribution in [2.24, 2.45) is 5.10 Å². The van der Waals surface area contributed by atoms with E-state index in [0.29, 0.717) is 11.3 Å². The van der Waals surface area contributed by atoms with E-state index < -0.39 is 28.4 Å². The van der Waals surface area contributed by atoms with Gasteiger partial charge in [-0.05, 0) is 42.3 Å². The van der Waals surface area contributed by atoms with Crippen molar-refractivity contribution in [3.05, 3.63) is 88.5 Å². The summed E-state index contributed by atoms with van der Waals surface area (Å²) in [4.78, 5) is 22.3. The van der Waals surface area contributed by atoms with Gasteiger partial charge in [0.25, 0.3) is 5.91 Å². The summed E-state index contributed by atoms with van der Waals surface area (Å²) in [6, 6.07) is 21.0. The maximum atomic E-state index is 12.2. The van der Waals surface area contributed by atoms with Crippen molar-refractivity contribution < 1.29 is 19.6 Å². The van der Waals surface area contributed by atoms with Crippen LogP contribution in [0.1, 0.15) is 12.5 Å². The number of phenols is 1. The van der Waals surface area contributed by atoms with Crippen LogP contribution in [0.15, 0.2) is 77.9 Å². The van der Waals surface area contributed by atoms with E-state index in [2.05, 4.69) is 10.5 Å². The fraction of sp³-hybridized carbons (Fsp3) is 0.0909. The summed E-state index contributed by atoms with van der Waals surface area (Å²) in [5, 5.41) is 24.1. The third-order valence-electron chi connectivity index (χ3n) is 4.23. The summed E-state index contributed by atoms with van der Waals surface area (Å²) in [6.07, 6.45) is 0.435. The summed E-state index contributed by atoms with van der Waals surface area (Å²) in [5.74, 6) is -0.386. The first-order valence-electron chi connectivity index (χ1n) is 9.06. The number of phenolic OH excluding ortho intramolecular Hbond substituents is 1. The van der Waals surface area contributed by atoms with Crippen molar-refractivity contribution in [1.29, 1.82) is 0 Å². The molecule has 3 aromatic carbocycles. The molecule has 0 aliphatic heterocycles. The molecule has 0 saturated heterocycles. The zero-order chi connectivity index (χ0) is 21.5. The van der Waals surface area contributed by atoms with E-state index in [0.717, 1.165) is 17.2 Å². The number of carbonyl (C=O) groups excluding carboxylic acids is 1. The molecule has 0 aliphatic carbocycles. The van der Waals surface area contributed by atoms with Crippen LogP contribution in [0.4, 0.5) is 5.69 Å². The van der Waals surface area contributed by atoms with E-state index in [1.54, 1.807) is 19.1 Å². The van der Waals surface area contributed by atoms with Gasteiger partial charge in [-0.25, -0.2) is 5.43 Å². The number of hydrazone groups is 1. The molecule has 8 heteroatoms. The van der Waals surface area contributed by atoms with E-state index in [1.165, 1.54) is 18.3 Å². The Balaban J connectivity index is 1.56. The lowest BCUT2D eigenvalue weighted by atomic mass is 10.1. The van der Waals surface area contributed by atoms with Crippen LogP contribution in [-0.2, 0) is 4.79 Å². The van der Waals surface area contributed by atoms with Gasteiger partial charge in [-0.1, -0.05) is 42.5 Å². The fourth-order valence-corrected chi connectivity index (χ4v) is 2.64. The van der Waals surface area contributed by atoms with E-state index in [1.807, 2.05) is 42.5 Å². The maximum Gasteiger partial charge on any atom is 0.311 e. The monoisotopic (exact) mass is 405 g/mol. The number of aromatic hydroxyl groups is 1. The Morgan fingerprint density at radius 2 is 1.77 bits per heavy atom. The standard InChI is InChI=1S/C22H19N3O5/c1-15(30-19-10-8-18(9-11-19)17-5-3-2-4-6-17)22(27)24-23-14-16-7-12-21(26)20(13-16)25(28)29/h2-15,26H,1H3,(H,24,27)/b23-14+. The first-order valence-corrected chi connectivity index (χ1v) is 9.06. The van der Waals surface area contributed by atoms with Gasteiger partial charge in [-0.3, -0.25) is 14.9 Å². The number of amides is 1. The smallest absolute Gasteiger partial charge is 0.311 e. The number of carbonyl (C=O) groups is 1. The van der Waals surface area contributed by atoms with Crippen molar-refractivity contribution in [3.8, 4) is 22.6 Å². The number of hydrogen-bond acceptors (Lipinski definition) is 6. The Hall–Kier alpha value is -4.20. The van der Waals surface area contributed by atoms with E-state index in [-0.39, 0.29) is 0 Å². The molecule has 0 aliphatic rings. The Morgan fingerprint density at radius 3 is 2.43 bits per heavy atom. The van der Waals surface area contributed by atoms with E-state index in [4.69, 9.17) is 4.74 Å². The first-order chi connectivity index (χ1) is 14.4. The quantitative estimate of drug-likeness (QED) is 0.352. The Morgan fingerprint density at radius 1 is 1.10 bits per heavy atom. The lowest BCUT2D eigenvalue weighted by Gasteiger charge is -2.13. The predicted octanol–water partition coefficient (Wildman–Crippen LogP) is 3.89. The molecule has 1 unspecified atom stereocenters. The van der Waals surface area contributed by atoms with Gasteiger partial charge in [0.1, 0.15) is 5.75 Å². The number of rotatable bonds is 7. The van der Waals surface area contributed by atoms with Crippen LogP contribution >= 0.6 is 0 Å². The summed E-state index contributed by atoms with van der Waals surface area (Å²) < 4.78 is 5.63. The molecular weight excluding hydrogens is 386 g/mol. The number of benzene rings is 3. The van der Waals surface area contributed by atoms with Crippen molar-refractivity contribution in [2.75, 3.05) is 0 Å². The lowest BCUT2D eigenvalue weighted by molar-refractivity contribution is -0.385. The number of nitro benzene ring substituents is 1. The molecule has 30 heavy (non-hydrogen) atoms. The minimum atomic E-state index is -0.807. The summed E-state index contributed by atoms with van der Waals surface area (Å²) >= 11 is 0. The van der Waals surface area contributed by atoms with Gasteiger partial charge >= 0.3 is 5.69 Å². The Bertz CT molecular complexity index is 1070. The molecule has 1 amide bonds. The molecule has 2 N–H and O–H groups in total. The number of nitrogens with zero attached hydrogens (tertiary/aromatic N) is 2. The van der Waals surface area contributed by atoms with Crippen LogP contribution in [0.5, 0.6) is 11.5 Å². The molecule has 0 heterocycles. The van der Waals surface area contributed by atoms with Crippen LogP contribution in [0.2, 0.25) is 0 Å². The normalized spacial score (nSPS) is 11.8. The molecule has 152 valence electrons. The van der Waals surface area contributed by atoms with Crippen LogP contribution in [0.3, 0.4) is 0 Å². The summed E-state index contributed by atoms with van der Waals surface area (Å²) in [6.45, 7) is 1.58. The third kappa shape index (κ3) is 5.20. The fourth-order valence-electron chi connectivity index (χ4n) is 2.64. The van der Waals surface area contributed by atoms with Crippen molar-refractivity contribution >= 4 is 17.8 Å². The number of nitro groups is 1. The van der Waals surface area contributed by atoms with E-state index >= 15 is 0 Å². The van der Waals surface area contributed by atoms with Gasteiger partial charge in [0.2, 0.25) is 0 Å². The molecule has 3 rings (SSSR count). The Labute approximate surface area is 172 Å². The molecule has 1 atom stereocenters. The highest BCUT2D eigenvalue weighted by molar-refractivity contribution is 5.85. The van der Waals surface area contributed by atoms with Crippen LogP contribution in [0, 0.1) is 10.1 Å². The zero-order valence-electron chi connectivity index (χ0n) is 16.1. The summed E-state index contributed by atoms with van der Waals surface area (Å²) in [7, 11) is 0. The second-order valence-electron chi connectivity index (χ2n) is 6.39. The van der Waals surface area contributed by atoms with Gasteiger partial charge in [-0.2, -0.15) is 5.10 Å². The number of hydrogen-bond donors (Lipinski definition) is 2. The number of ether oxygens (including phenoxy) is 1. The molecule has 3 aromatic rings. The highest BCUT2D eigenvalue weighted by atomic mass is 16.6. The van der Waals surface area contributed by atoms with Crippen molar-refractivity contribution in [2.45, 2.75) is 13.0 Å². The van der Waals surface area contributed by atoms with Gasteiger partial charge in [0.05, 0.1) is 11.1 Å². The lowest BCUT2D eigenvalue weighted by Crippen LogP contribution is -2.33. The van der Waals surface area contributed by atoms with Crippen LogP contribution in [0.25, 0.3) is 11.1 Å². The zero-order valence-corrected chi connectivity index (χ0v) is 16.1. The second kappa shape index (κ2) is 9.33. The average molecular weight is 405 g/mol. The van der Waals surface area contributed by atoms with Crippen molar-refractivity contribution in [1.82, 2.24) is 5.43 Å². The molecule has 0 bridgehead atoms. The number of nitrogens with one attached hydrogen (secondary N) is 1. The topological polar surface area (TPSA) is 114 Å². The van der Waals surface area contributed by atoms with Crippen molar-refractivity contribution in [3.63, 3.8) is 0 Å². The first kappa shape index (κ1) is 20.5. The van der Waals surface area contributed by atoms with Gasteiger partial charge in [0.15, 0.2) is 11.9 Å². The minimum absolute atomic E-state index is 0.352. The molecule has 0 aromatic heterocycles. The van der Waals surface area contributed by atoms with Gasteiger partial charge in [-0.15, -0.1) is 0 Å². The highest BCUT2D eigenvalue weighted by Gasteiger charge is 2.15. The minimum Gasteiger partial charge on any atom is -0.502 e. The SMILES string of the molecule is CC(Oc1ccc(-c2ccccc2)cc1)C(=O)N/N=C/c1ccc(O)c([N+](=O)[O-])c1. The second-order valence-corrected chi connectivity index (χ2v) is 6.39. The molecular formula is C22H19N3O5. The van der Waals surface area contributed by atoms with Gasteiger partial charge in [0, 0.05) is 11.6 Å². The Kier molecular flexibility index (Phi) is 6.39. The van der Waals surface area contributed by atoms with Crippen LogP contribution < -0.4 is 10.2 Å². The average Bonchev–Trinajstić information content (AvgIpc) is 2.75. The highest BCUT2D eigenvalue weighted by Crippen LogP contribution is 2.25. The third-order valence-corrected chi connectivity index (χ3v) is 4.23.